The zero-order chi connectivity index (χ0) is 41.3. The van der Waals surface area contributed by atoms with Crippen molar-refractivity contribution in [2.45, 2.75) is 19.6 Å². The molecule has 4 heterocycles. The van der Waals surface area contributed by atoms with Crippen LogP contribution < -0.4 is 14.4 Å². The number of pyridine rings is 2. The number of nitrogens with zero attached hydrogens (tertiary/aromatic N) is 6. The van der Waals surface area contributed by atoms with Gasteiger partial charge < -0.3 is 34.1 Å². The Labute approximate surface area is 325 Å². The van der Waals surface area contributed by atoms with Crippen LogP contribution in [0.2, 0.25) is 0 Å². The third kappa shape index (κ3) is 10.9. The van der Waals surface area contributed by atoms with Gasteiger partial charge in [0.15, 0.2) is 0 Å². The number of alkyl halides is 3. The number of rotatable bonds is 11. The molecule has 0 unspecified atom stereocenters. The molecule has 57 heavy (non-hydrogen) atoms. The number of aromatic nitrogens is 3. The Morgan fingerprint density at radius 2 is 1.51 bits per heavy atom. The van der Waals surface area contributed by atoms with Gasteiger partial charge in [0.1, 0.15) is 17.2 Å². The van der Waals surface area contributed by atoms with Crippen molar-refractivity contribution < 1.29 is 52.0 Å². The summed E-state index contributed by atoms with van der Waals surface area (Å²) >= 11 is 0. The predicted octanol–water partition coefficient (Wildman–Crippen LogP) is 6.12. The Bertz CT molecular complexity index is 2220. The molecule has 0 radical (unpaired) electrons. The number of halogens is 3. The summed E-state index contributed by atoms with van der Waals surface area (Å²) in [5, 5.41) is 16.5. The number of ether oxygens (including phenoxy) is 2. The molecular weight excluding hydrogens is 749 g/mol. The van der Waals surface area contributed by atoms with Crippen molar-refractivity contribution in [3.63, 3.8) is 0 Å². The van der Waals surface area contributed by atoms with Crippen LogP contribution in [0.1, 0.15) is 39.0 Å². The molecule has 0 bridgehead atoms. The van der Waals surface area contributed by atoms with Crippen molar-refractivity contribution in [2.75, 3.05) is 44.7 Å². The number of aliphatic carboxylic acids is 2. The van der Waals surface area contributed by atoms with Crippen LogP contribution >= 0.6 is 0 Å². The molecule has 0 aliphatic carbocycles. The first-order valence-electron chi connectivity index (χ1n) is 17.5. The molecule has 1 aliphatic heterocycles. The molecule has 298 valence electrons. The number of carboxylic acid groups (broad SMARTS) is 2. The van der Waals surface area contributed by atoms with Crippen LogP contribution in [0.5, 0.6) is 17.4 Å². The van der Waals surface area contributed by atoms with E-state index in [0.29, 0.717) is 55.5 Å². The summed E-state index contributed by atoms with van der Waals surface area (Å²) in [4.78, 5) is 59.8. The summed E-state index contributed by atoms with van der Waals surface area (Å²) in [6, 6.07) is 18.6. The fourth-order valence-electron chi connectivity index (χ4n) is 5.86. The average Bonchev–Trinajstić information content (AvgIpc) is 3.52. The standard InChI is InChI=1S/C36H35F3N6O4.C4H4O4/c1-4-48-30-11-9-27(40-22-30)23-44-15-17-45(18-16-44)35(47)32-20-25-19-29(12-13-31(25)43(32)3)49-33-14-10-28(21-41-33)42(2)34(46)24-5-7-26(8-6-24)36(37,38)39;5-3(6)1-2-4(7)8/h5-14,19-22H,4,15-18,23H2,1-3H3;1-2H,(H,5,6)(H,7,8)/b;2-1-. The van der Waals surface area contributed by atoms with Gasteiger partial charge in [0.2, 0.25) is 5.88 Å². The first-order valence-corrected chi connectivity index (χ1v) is 17.5. The number of fused-ring (bicyclic) bond motifs is 1. The van der Waals surface area contributed by atoms with Crippen LogP contribution in [0.3, 0.4) is 0 Å². The minimum absolute atomic E-state index is 0.0350. The van der Waals surface area contributed by atoms with Gasteiger partial charge in [-0.1, -0.05) is 0 Å². The molecule has 1 fully saturated rings. The zero-order valence-corrected chi connectivity index (χ0v) is 31.1. The highest BCUT2D eigenvalue weighted by Crippen LogP contribution is 2.31. The van der Waals surface area contributed by atoms with Crippen molar-refractivity contribution in [3.8, 4) is 17.4 Å². The van der Waals surface area contributed by atoms with Crippen LogP contribution in [0, 0.1) is 0 Å². The van der Waals surface area contributed by atoms with Crippen LogP contribution in [-0.4, -0.2) is 98.1 Å². The van der Waals surface area contributed by atoms with Crippen LogP contribution in [-0.2, 0) is 29.4 Å². The minimum Gasteiger partial charge on any atom is -0.492 e. The molecule has 0 atom stereocenters. The van der Waals surface area contributed by atoms with Gasteiger partial charge in [0, 0.05) is 81.5 Å². The van der Waals surface area contributed by atoms with Crippen LogP contribution in [0.25, 0.3) is 10.9 Å². The van der Waals surface area contributed by atoms with E-state index in [1.807, 2.05) is 53.8 Å². The highest BCUT2D eigenvalue weighted by Gasteiger charge is 2.30. The third-order valence-corrected chi connectivity index (χ3v) is 8.85. The number of hydrogen-bond donors (Lipinski definition) is 2. The summed E-state index contributed by atoms with van der Waals surface area (Å²) in [6.07, 6.45) is -0.178. The van der Waals surface area contributed by atoms with Gasteiger partial charge in [-0.05, 0) is 73.7 Å². The molecule has 3 aromatic heterocycles. The fourth-order valence-corrected chi connectivity index (χ4v) is 5.86. The monoisotopic (exact) mass is 788 g/mol. The Morgan fingerprint density at radius 3 is 2.07 bits per heavy atom. The summed E-state index contributed by atoms with van der Waals surface area (Å²) < 4.78 is 52.0. The lowest BCUT2D eigenvalue weighted by Crippen LogP contribution is -2.48. The van der Waals surface area contributed by atoms with E-state index in [9.17, 15) is 32.3 Å². The van der Waals surface area contributed by atoms with E-state index < -0.39 is 29.6 Å². The van der Waals surface area contributed by atoms with Crippen LogP contribution in [0.4, 0.5) is 18.9 Å². The van der Waals surface area contributed by atoms with Gasteiger partial charge in [-0.25, -0.2) is 14.6 Å². The Kier molecular flexibility index (Phi) is 13.3. The number of anilines is 1. The van der Waals surface area contributed by atoms with E-state index in [0.717, 1.165) is 59.7 Å². The number of carbonyl (C=O) groups is 4. The molecule has 17 heteroatoms. The van der Waals surface area contributed by atoms with Crippen molar-refractivity contribution >= 4 is 40.3 Å². The molecule has 2 N–H and O–H groups in total. The van der Waals surface area contributed by atoms with Gasteiger partial charge in [0.25, 0.3) is 11.8 Å². The maximum absolute atomic E-state index is 13.6. The first kappa shape index (κ1) is 41.4. The number of benzene rings is 2. The quantitative estimate of drug-likeness (QED) is 0.148. The number of aryl methyl sites for hydroxylation is 1. The first-order chi connectivity index (χ1) is 27.1. The van der Waals surface area contributed by atoms with E-state index in [1.54, 1.807) is 24.4 Å². The molecule has 5 aromatic rings. The summed E-state index contributed by atoms with van der Waals surface area (Å²) in [7, 11) is 3.38. The molecule has 0 spiro atoms. The normalized spacial score (nSPS) is 13.2. The molecule has 1 aliphatic rings. The Morgan fingerprint density at radius 1 is 0.842 bits per heavy atom. The second kappa shape index (κ2) is 18.3. The molecule has 2 amide bonds. The topological polar surface area (TPSA) is 168 Å². The van der Waals surface area contributed by atoms with Crippen molar-refractivity contribution in [1.82, 2.24) is 24.3 Å². The second-order valence-electron chi connectivity index (χ2n) is 12.7. The predicted molar refractivity (Wildman–Crippen MR) is 202 cm³/mol. The molecule has 1 saturated heterocycles. The van der Waals surface area contributed by atoms with E-state index in [4.69, 9.17) is 19.7 Å². The Hall–Kier alpha value is -6.75. The SMILES string of the molecule is CCOc1ccc(CN2CCN(C(=O)c3cc4cc(Oc5ccc(N(C)C(=O)c6ccc(C(F)(F)F)cc6)cn5)ccc4n3C)CC2)nc1.O=C(O)/C=C\C(=O)O. The lowest BCUT2D eigenvalue weighted by molar-refractivity contribution is -0.137. The van der Waals surface area contributed by atoms with Gasteiger partial charge in [-0.3, -0.25) is 19.5 Å². The second-order valence-corrected chi connectivity index (χ2v) is 12.7. The number of carbonyl (C=O) groups excluding carboxylic acids is 2. The molecular formula is C40H39F3N6O8. The summed E-state index contributed by atoms with van der Waals surface area (Å²) in [5.41, 5.74) is 2.15. The molecule has 6 rings (SSSR count). The fraction of sp³-hybridized carbons (Fsp3) is 0.250. The molecule has 0 saturated carbocycles. The lowest BCUT2D eigenvalue weighted by Gasteiger charge is -2.34. The minimum atomic E-state index is -4.48. The van der Waals surface area contributed by atoms with E-state index >= 15 is 0 Å². The third-order valence-electron chi connectivity index (χ3n) is 8.85. The van der Waals surface area contributed by atoms with Gasteiger partial charge >= 0.3 is 18.1 Å². The van der Waals surface area contributed by atoms with Crippen LogP contribution in [0.15, 0.2) is 97.3 Å². The van der Waals surface area contributed by atoms with E-state index in [2.05, 4.69) is 14.9 Å². The number of carboxylic acids is 2. The lowest BCUT2D eigenvalue weighted by atomic mass is 10.1. The zero-order valence-electron chi connectivity index (χ0n) is 31.1. The Balaban J connectivity index is 0.000000701. The van der Waals surface area contributed by atoms with E-state index in [-0.39, 0.29) is 17.4 Å². The highest BCUT2D eigenvalue weighted by molar-refractivity contribution is 6.05. The number of piperazine rings is 1. The van der Waals surface area contributed by atoms with E-state index in [1.165, 1.54) is 18.1 Å². The van der Waals surface area contributed by atoms with Crippen molar-refractivity contribution in [3.05, 3.63) is 120 Å². The summed E-state index contributed by atoms with van der Waals surface area (Å²) in [6.45, 7) is 5.95. The molecule has 2 aromatic carbocycles. The number of amides is 2. The smallest absolute Gasteiger partial charge is 0.416 e. The van der Waals surface area contributed by atoms with Crippen molar-refractivity contribution in [1.29, 1.82) is 0 Å². The number of hydrogen-bond acceptors (Lipinski definition) is 9. The van der Waals surface area contributed by atoms with Crippen molar-refractivity contribution in [2.24, 2.45) is 7.05 Å². The largest absolute Gasteiger partial charge is 0.492 e. The summed E-state index contributed by atoms with van der Waals surface area (Å²) in [5.74, 6) is -1.48. The van der Waals surface area contributed by atoms with Gasteiger partial charge in [-0.15, -0.1) is 0 Å². The maximum Gasteiger partial charge on any atom is 0.416 e. The average molecular weight is 789 g/mol. The van der Waals surface area contributed by atoms with Gasteiger partial charge in [0.05, 0.1) is 35.9 Å². The maximum atomic E-state index is 13.6. The van der Waals surface area contributed by atoms with Gasteiger partial charge in [-0.2, -0.15) is 13.2 Å². The molecule has 14 nitrogen and oxygen atoms in total. The highest BCUT2D eigenvalue weighted by atomic mass is 19.4.